The first kappa shape index (κ1) is 8.43. The Bertz CT molecular complexity index is 253. The Morgan fingerprint density at radius 3 is 2.36 bits per heavy atom. The molecule has 2 nitrogen and oxygen atoms in total. The van der Waals surface area contributed by atoms with Gasteiger partial charge in [0.1, 0.15) is 0 Å². The van der Waals surface area contributed by atoms with E-state index < -0.39 is 11.1 Å². The molecular weight excluding hydrogens is 160 g/mol. The largest absolute Gasteiger partial charge is 0.306 e. The van der Waals surface area contributed by atoms with Crippen molar-refractivity contribution >= 4 is 11.1 Å². The maximum atomic E-state index is 10.4. The monoisotopic (exact) mass is 170 g/mol. The highest BCUT2D eigenvalue weighted by Crippen LogP contribution is 2.04. The molecule has 0 fully saturated rings. The summed E-state index contributed by atoms with van der Waals surface area (Å²) in [5.74, 6) is 0.222. The van der Waals surface area contributed by atoms with Crippen LogP contribution in [0.2, 0.25) is 0 Å². The second-order valence-electron chi connectivity index (χ2n) is 2.45. The minimum Gasteiger partial charge on any atom is -0.306 e. The predicted octanol–water partition coefficient (Wildman–Crippen LogP) is 1.72. The Morgan fingerprint density at radius 2 is 1.91 bits per heavy atom. The van der Waals surface area contributed by atoms with Gasteiger partial charge in [0, 0.05) is 0 Å². The third-order valence-electron chi connectivity index (χ3n) is 1.41. The van der Waals surface area contributed by atoms with E-state index in [9.17, 15) is 4.21 Å². The van der Waals surface area contributed by atoms with Gasteiger partial charge in [-0.05, 0) is 12.5 Å². The zero-order valence-corrected chi connectivity index (χ0v) is 7.10. The van der Waals surface area contributed by atoms with Crippen molar-refractivity contribution in [3.8, 4) is 0 Å². The number of aryl methyl sites for hydroxylation is 1. The quantitative estimate of drug-likeness (QED) is 0.686. The average molecular weight is 170 g/mol. The molecule has 0 aliphatic rings. The van der Waals surface area contributed by atoms with Gasteiger partial charge >= 0.3 is 0 Å². The summed E-state index contributed by atoms with van der Waals surface area (Å²) < 4.78 is 18.9. The lowest BCUT2D eigenvalue weighted by Crippen LogP contribution is -1.92. The van der Waals surface area contributed by atoms with Crippen LogP contribution in [-0.2, 0) is 16.8 Å². The second kappa shape index (κ2) is 3.64. The molecule has 1 aromatic rings. The average Bonchev–Trinajstić information content (AvgIpc) is 1.93. The number of hydrogen-bond donors (Lipinski definition) is 1. The zero-order valence-electron chi connectivity index (χ0n) is 6.28. The summed E-state index contributed by atoms with van der Waals surface area (Å²) in [6, 6.07) is 7.59. The van der Waals surface area contributed by atoms with Crippen molar-refractivity contribution in [2.45, 2.75) is 12.7 Å². The summed E-state index contributed by atoms with van der Waals surface area (Å²) >= 11 is -1.72. The van der Waals surface area contributed by atoms with Crippen LogP contribution in [0.3, 0.4) is 0 Å². The number of rotatable bonds is 2. The highest BCUT2D eigenvalue weighted by atomic mass is 32.2. The first-order chi connectivity index (χ1) is 5.18. The topological polar surface area (TPSA) is 37.3 Å². The molecule has 60 valence electrons. The van der Waals surface area contributed by atoms with Crippen LogP contribution in [0.15, 0.2) is 24.3 Å². The van der Waals surface area contributed by atoms with Crippen LogP contribution in [0.1, 0.15) is 11.1 Å². The summed E-state index contributed by atoms with van der Waals surface area (Å²) in [5, 5.41) is 0. The van der Waals surface area contributed by atoms with Crippen LogP contribution in [0.25, 0.3) is 0 Å². The first-order valence-corrected chi connectivity index (χ1v) is 4.59. The van der Waals surface area contributed by atoms with Crippen molar-refractivity contribution in [3.05, 3.63) is 35.4 Å². The molecule has 11 heavy (non-hydrogen) atoms. The molecule has 0 radical (unpaired) electrons. The van der Waals surface area contributed by atoms with Gasteiger partial charge in [-0.3, -0.25) is 0 Å². The van der Waals surface area contributed by atoms with Gasteiger partial charge in [0.2, 0.25) is 0 Å². The molecule has 1 rings (SSSR count). The molecule has 0 heterocycles. The normalized spacial score (nSPS) is 12.9. The van der Waals surface area contributed by atoms with Crippen LogP contribution in [0.4, 0.5) is 0 Å². The minimum absolute atomic E-state index is 0.222. The second-order valence-corrected chi connectivity index (χ2v) is 3.38. The van der Waals surface area contributed by atoms with E-state index >= 15 is 0 Å². The van der Waals surface area contributed by atoms with Crippen molar-refractivity contribution in [2.24, 2.45) is 0 Å². The van der Waals surface area contributed by atoms with E-state index in [1.807, 2.05) is 31.2 Å². The Morgan fingerprint density at radius 1 is 1.36 bits per heavy atom. The lowest BCUT2D eigenvalue weighted by molar-refractivity contribution is 0.563. The van der Waals surface area contributed by atoms with Gasteiger partial charge in [0.05, 0.1) is 5.75 Å². The van der Waals surface area contributed by atoms with Gasteiger partial charge in [0.25, 0.3) is 0 Å². The smallest absolute Gasteiger partial charge is 0.157 e. The van der Waals surface area contributed by atoms with E-state index in [1.165, 1.54) is 0 Å². The summed E-state index contributed by atoms with van der Waals surface area (Å²) in [5.41, 5.74) is 2.06. The summed E-state index contributed by atoms with van der Waals surface area (Å²) in [4.78, 5) is 0. The molecule has 0 aromatic heterocycles. The minimum atomic E-state index is -1.72. The van der Waals surface area contributed by atoms with Gasteiger partial charge in [-0.1, -0.05) is 29.8 Å². The fourth-order valence-electron chi connectivity index (χ4n) is 0.827. The predicted molar refractivity (Wildman–Crippen MR) is 45.7 cm³/mol. The maximum absolute atomic E-state index is 10.4. The Labute approximate surface area is 68.5 Å². The Kier molecular flexibility index (Phi) is 2.79. The molecule has 1 N–H and O–H groups in total. The number of hydrogen-bond acceptors (Lipinski definition) is 1. The van der Waals surface area contributed by atoms with Crippen molar-refractivity contribution in [1.29, 1.82) is 0 Å². The molecule has 1 aromatic carbocycles. The van der Waals surface area contributed by atoms with Crippen LogP contribution in [-0.4, -0.2) is 8.76 Å². The van der Waals surface area contributed by atoms with E-state index in [2.05, 4.69) is 0 Å². The van der Waals surface area contributed by atoms with Gasteiger partial charge < -0.3 is 4.55 Å². The lowest BCUT2D eigenvalue weighted by atomic mass is 10.2. The van der Waals surface area contributed by atoms with E-state index in [0.29, 0.717) is 0 Å². The van der Waals surface area contributed by atoms with Crippen LogP contribution >= 0.6 is 0 Å². The van der Waals surface area contributed by atoms with E-state index in [0.717, 1.165) is 11.1 Å². The fraction of sp³-hybridized carbons (Fsp3) is 0.250. The first-order valence-electron chi connectivity index (χ1n) is 3.31. The molecule has 0 spiro atoms. The third-order valence-corrected chi connectivity index (χ3v) is 1.99. The van der Waals surface area contributed by atoms with Crippen LogP contribution in [0, 0.1) is 6.92 Å². The van der Waals surface area contributed by atoms with Crippen LogP contribution in [0.5, 0.6) is 0 Å². The molecule has 1 unspecified atom stereocenters. The van der Waals surface area contributed by atoms with Crippen LogP contribution < -0.4 is 0 Å². The molecule has 0 saturated heterocycles. The molecule has 3 heteroatoms. The summed E-state index contributed by atoms with van der Waals surface area (Å²) in [7, 11) is 0. The van der Waals surface area contributed by atoms with E-state index in [-0.39, 0.29) is 5.75 Å². The highest BCUT2D eigenvalue weighted by Gasteiger charge is 1.95. The fourth-order valence-corrected chi connectivity index (χ4v) is 1.30. The molecule has 0 aliphatic carbocycles. The van der Waals surface area contributed by atoms with Gasteiger partial charge in [-0.2, -0.15) is 0 Å². The van der Waals surface area contributed by atoms with Gasteiger partial charge in [-0.25, -0.2) is 4.21 Å². The molecule has 0 bridgehead atoms. The van der Waals surface area contributed by atoms with E-state index in [1.54, 1.807) is 0 Å². The molecule has 1 atom stereocenters. The van der Waals surface area contributed by atoms with Gasteiger partial charge in [-0.15, -0.1) is 0 Å². The molecule has 0 saturated carbocycles. The van der Waals surface area contributed by atoms with Gasteiger partial charge in [0.15, 0.2) is 11.1 Å². The Hall–Kier alpha value is -0.670. The Balaban J connectivity index is 2.74. The van der Waals surface area contributed by atoms with Crippen molar-refractivity contribution < 1.29 is 8.76 Å². The summed E-state index contributed by atoms with van der Waals surface area (Å²) in [6.45, 7) is 1.99. The maximum Gasteiger partial charge on any atom is 0.157 e. The molecular formula is C8H10O2S. The third kappa shape index (κ3) is 2.82. The standard InChI is InChI=1S/C8H10O2S/c1-7-2-4-8(5-3-7)6-11(9)10/h2-5H,6H2,1H3,(H,9,10). The van der Waals surface area contributed by atoms with Crippen molar-refractivity contribution in [1.82, 2.24) is 0 Å². The molecule has 0 aliphatic heterocycles. The number of benzene rings is 1. The zero-order chi connectivity index (χ0) is 8.27. The molecule has 0 amide bonds. The lowest BCUT2D eigenvalue weighted by Gasteiger charge is -1.96. The van der Waals surface area contributed by atoms with Crippen molar-refractivity contribution in [2.75, 3.05) is 0 Å². The van der Waals surface area contributed by atoms with Crippen molar-refractivity contribution in [3.63, 3.8) is 0 Å². The highest BCUT2D eigenvalue weighted by molar-refractivity contribution is 7.78. The van der Waals surface area contributed by atoms with E-state index in [4.69, 9.17) is 4.55 Å². The SMILES string of the molecule is Cc1ccc(CS(=O)O)cc1. The summed E-state index contributed by atoms with van der Waals surface area (Å²) in [6.07, 6.45) is 0.